The van der Waals surface area contributed by atoms with Crippen molar-refractivity contribution in [2.75, 3.05) is 18.4 Å². The quantitative estimate of drug-likeness (QED) is 0.856. The molecule has 3 N–H and O–H groups in total. The number of carbonyl (C=O) groups excluding carboxylic acids is 2. The van der Waals surface area contributed by atoms with Crippen LogP contribution in [0, 0.1) is 5.92 Å². The van der Waals surface area contributed by atoms with Crippen LogP contribution in [0.4, 0.5) is 5.69 Å². The first-order valence-corrected chi connectivity index (χ1v) is 8.93. The third-order valence-corrected chi connectivity index (χ3v) is 5.27. The van der Waals surface area contributed by atoms with Crippen LogP contribution < -0.4 is 11.1 Å². The fourth-order valence-electron chi connectivity index (χ4n) is 3.12. The number of amides is 2. The van der Waals surface area contributed by atoms with Gasteiger partial charge in [-0.1, -0.05) is 18.2 Å². The number of thiophene rings is 1. The summed E-state index contributed by atoms with van der Waals surface area (Å²) >= 11 is 1.37. The number of carbonyl (C=O) groups is 2. The summed E-state index contributed by atoms with van der Waals surface area (Å²) in [6.45, 7) is 3.30. The van der Waals surface area contributed by atoms with E-state index in [-0.39, 0.29) is 30.3 Å². The predicted octanol–water partition coefficient (Wildman–Crippen LogP) is 3.23. The second kappa shape index (κ2) is 8.47. The minimum Gasteiger partial charge on any atom is -0.336 e. The first-order chi connectivity index (χ1) is 11.6. The Morgan fingerprint density at radius 2 is 2.04 bits per heavy atom. The molecule has 1 aromatic carbocycles. The maximum Gasteiger partial charge on any atom is 0.265 e. The van der Waals surface area contributed by atoms with Gasteiger partial charge in [-0.3, -0.25) is 9.59 Å². The van der Waals surface area contributed by atoms with Crippen LogP contribution in [0.3, 0.4) is 0 Å². The molecule has 0 radical (unpaired) electrons. The van der Waals surface area contributed by atoms with Gasteiger partial charge in [0.2, 0.25) is 0 Å². The smallest absolute Gasteiger partial charge is 0.265 e. The molecule has 2 aromatic rings. The zero-order chi connectivity index (χ0) is 17.1. The molecule has 1 fully saturated rings. The minimum atomic E-state index is -0.195. The number of rotatable bonds is 4. The number of para-hydroxylation sites is 1. The lowest BCUT2D eigenvalue weighted by Crippen LogP contribution is -2.35. The number of likely N-dealkylation sites (tertiary alicyclic amines) is 1. The third kappa shape index (κ3) is 4.21. The van der Waals surface area contributed by atoms with Crippen LogP contribution in [0.2, 0.25) is 0 Å². The van der Waals surface area contributed by atoms with Crippen LogP contribution in [-0.2, 0) is 0 Å². The summed E-state index contributed by atoms with van der Waals surface area (Å²) in [7, 11) is 0. The first-order valence-electron chi connectivity index (χ1n) is 8.05. The molecule has 1 aliphatic rings. The Morgan fingerprint density at radius 1 is 1.28 bits per heavy atom. The highest BCUT2D eigenvalue weighted by Gasteiger charge is 2.33. The molecular formula is C18H22ClN3O2S. The number of hydrogen-bond acceptors (Lipinski definition) is 4. The van der Waals surface area contributed by atoms with Gasteiger partial charge in [-0.25, -0.2) is 0 Å². The average molecular weight is 380 g/mol. The topological polar surface area (TPSA) is 75.4 Å². The van der Waals surface area contributed by atoms with Crippen LogP contribution in [0.1, 0.15) is 33.4 Å². The van der Waals surface area contributed by atoms with E-state index in [4.69, 9.17) is 5.73 Å². The number of nitrogens with zero attached hydrogens (tertiary/aromatic N) is 1. The normalized spacial score (nSPS) is 19.4. The number of hydrogen-bond donors (Lipinski definition) is 2. The van der Waals surface area contributed by atoms with E-state index in [1.54, 1.807) is 18.2 Å². The van der Waals surface area contributed by atoms with E-state index in [0.29, 0.717) is 35.1 Å². The number of halogens is 1. The summed E-state index contributed by atoms with van der Waals surface area (Å²) in [4.78, 5) is 27.7. The van der Waals surface area contributed by atoms with Gasteiger partial charge < -0.3 is 16.0 Å². The van der Waals surface area contributed by atoms with Crippen molar-refractivity contribution in [2.45, 2.75) is 19.4 Å². The highest BCUT2D eigenvalue weighted by molar-refractivity contribution is 7.12. The summed E-state index contributed by atoms with van der Waals surface area (Å²) in [5.74, 6) is 0.0944. The zero-order valence-corrected chi connectivity index (χ0v) is 15.6. The SMILES string of the molecule is CC1CC(CN)CN1C(=O)c1ccccc1NC(=O)c1cccs1.Cl. The van der Waals surface area contributed by atoms with Crippen molar-refractivity contribution < 1.29 is 9.59 Å². The number of anilines is 1. The van der Waals surface area contributed by atoms with Crippen molar-refractivity contribution in [1.29, 1.82) is 0 Å². The van der Waals surface area contributed by atoms with Gasteiger partial charge in [0.05, 0.1) is 16.1 Å². The number of nitrogens with two attached hydrogens (primary N) is 1. The van der Waals surface area contributed by atoms with Gasteiger partial charge >= 0.3 is 0 Å². The van der Waals surface area contributed by atoms with Crippen molar-refractivity contribution in [1.82, 2.24) is 4.90 Å². The van der Waals surface area contributed by atoms with E-state index < -0.39 is 0 Å². The standard InChI is InChI=1S/C18H21N3O2S.ClH/c1-12-9-13(10-19)11-21(12)18(23)14-5-2-3-6-15(14)20-17(22)16-7-4-8-24-16;/h2-8,12-13H,9-11,19H2,1H3,(H,20,22);1H. The van der Waals surface area contributed by atoms with Gasteiger partial charge in [0, 0.05) is 12.6 Å². The van der Waals surface area contributed by atoms with Gasteiger partial charge in [0.1, 0.15) is 0 Å². The molecular weight excluding hydrogens is 358 g/mol. The molecule has 0 saturated carbocycles. The molecule has 2 heterocycles. The molecule has 1 aromatic heterocycles. The first kappa shape index (κ1) is 19.4. The van der Waals surface area contributed by atoms with Crippen molar-refractivity contribution in [3.8, 4) is 0 Å². The lowest BCUT2D eigenvalue weighted by molar-refractivity contribution is 0.0744. The molecule has 0 aliphatic carbocycles. The zero-order valence-electron chi connectivity index (χ0n) is 14.0. The average Bonchev–Trinajstić information content (AvgIpc) is 3.24. The fraction of sp³-hybridized carbons (Fsp3) is 0.333. The number of benzene rings is 1. The largest absolute Gasteiger partial charge is 0.336 e. The van der Waals surface area contributed by atoms with Crippen LogP contribution in [0.15, 0.2) is 41.8 Å². The van der Waals surface area contributed by atoms with Crippen LogP contribution in [0.5, 0.6) is 0 Å². The monoisotopic (exact) mass is 379 g/mol. The molecule has 2 amide bonds. The summed E-state index contributed by atoms with van der Waals surface area (Å²) in [6, 6.07) is 10.9. The van der Waals surface area contributed by atoms with Gasteiger partial charge in [-0.05, 0) is 49.4 Å². The molecule has 0 bridgehead atoms. The number of nitrogens with one attached hydrogen (secondary N) is 1. The maximum absolute atomic E-state index is 12.9. The fourth-order valence-corrected chi connectivity index (χ4v) is 3.74. The molecule has 0 spiro atoms. The van der Waals surface area contributed by atoms with E-state index in [0.717, 1.165) is 6.42 Å². The Hall–Kier alpha value is -1.89. The Balaban J connectivity index is 0.00000225. The van der Waals surface area contributed by atoms with E-state index in [1.807, 2.05) is 35.4 Å². The molecule has 2 unspecified atom stereocenters. The highest BCUT2D eigenvalue weighted by Crippen LogP contribution is 2.27. The van der Waals surface area contributed by atoms with Crippen molar-refractivity contribution in [2.24, 2.45) is 11.7 Å². The molecule has 5 nitrogen and oxygen atoms in total. The van der Waals surface area contributed by atoms with E-state index >= 15 is 0 Å². The summed E-state index contributed by atoms with van der Waals surface area (Å²) in [5.41, 5.74) is 6.82. The third-order valence-electron chi connectivity index (χ3n) is 4.41. The van der Waals surface area contributed by atoms with E-state index in [2.05, 4.69) is 5.32 Å². The minimum absolute atomic E-state index is 0. The molecule has 25 heavy (non-hydrogen) atoms. The van der Waals surface area contributed by atoms with Gasteiger partial charge in [-0.2, -0.15) is 0 Å². The molecule has 7 heteroatoms. The molecule has 134 valence electrons. The van der Waals surface area contributed by atoms with Gasteiger partial charge in [-0.15, -0.1) is 23.7 Å². The summed E-state index contributed by atoms with van der Waals surface area (Å²) in [6.07, 6.45) is 0.923. The van der Waals surface area contributed by atoms with Crippen molar-refractivity contribution in [3.05, 3.63) is 52.2 Å². The summed E-state index contributed by atoms with van der Waals surface area (Å²) in [5, 5.41) is 4.71. The lowest BCUT2D eigenvalue weighted by atomic mass is 10.1. The second-order valence-electron chi connectivity index (χ2n) is 6.12. The maximum atomic E-state index is 12.9. The second-order valence-corrected chi connectivity index (χ2v) is 7.07. The Bertz CT molecular complexity index is 736. The Morgan fingerprint density at radius 3 is 2.68 bits per heavy atom. The van der Waals surface area contributed by atoms with E-state index in [9.17, 15) is 9.59 Å². The summed E-state index contributed by atoms with van der Waals surface area (Å²) < 4.78 is 0. The predicted molar refractivity (Wildman–Crippen MR) is 104 cm³/mol. The van der Waals surface area contributed by atoms with E-state index in [1.165, 1.54) is 11.3 Å². The van der Waals surface area contributed by atoms with Gasteiger partial charge in [0.15, 0.2) is 0 Å². The molecule has 3 rings (SSSR count). The van der Waals surface area contributed by atoms with Crippen LogP contribution in [-0.4, -0.2) is 35.8 Å². The molecule has 1 saturated heterocycles. The highest BCUT2D eigenvalue weighted by atomic mass is 35.5. The van der Waals surface area contributed by atoms with Gasteiger partial charge in [0.25, 0.3) is 11.8 Å². The Kier molecular flexibility index (Phi) is 6.58. The van der Waals surface area contributed by atoms with Crippen molar-refractivity contribution in [3.63, 3.8) is 0 Å². The van der Waals surface area contributed by atoms with Crippen LogP contribution >= 0.6 is 23.7 Å². The van der Waals surface area contributed by atoms with Crippen molar-refractivity contribution >= 4 is 41.2 Å². The van der Waals surface area contributed by atoms with Crippen LogP contribution in [0.25, 0.3) is 0 Å². The molecule has 1 aliphatic heterocycles. The molecule has 2 atom stereocenters. The Labute approximate surface area is 157 Å². The lowest BCUT2D eigenvalue weighted by Gasteiger charge is -2.23.